The average Bonchev–Trinajstić information content (AvgIpc) is 3.30. The molecule has 0 fully saturated rings. The smallest absolute Gasteiger partial charge is 0.289 e. The Balaban J connectivity index is 1.40. The minimum absolute atomic E-state index is 0.0821. The predicted molar refractivity (Wildman–Crippen MR) is 118 cm³/mol. The molecule has 1 heterocycles. The van der Waals surface area contributed by atoms with E-state index in [1.165, 1.54) is 6.21 Å². The van der Waals surface area contributed by atoms with Crippen molar-refractivity contribution in [2.75, 3.05) is 0 Å². The van der Waals surface area contributed by atoms with Crippen molar-refractivity contribution in [2.45, 2.75) is 6.61 Å². The molecule has 1 amide bonds. The number of aromatic nitrogens is 2. The Hall–Kier alpha value is -4.39. The molecular formula is C24H20N4O3. The highest BCUT2D eigenvalue weighted by Gasteiger charge is 2.11. The van der Waals surface area contributed by atoms with Gasteiger partial charge in [0.05, 0.1) is 11.9 Å². The van der Waals surface area contributed by atoms with Gasteiger partial charge in [-0.25, -0.2) is 5.43 Å². The summed E-state index contributed by atoms with van der Waals surface area (Å²) in [7, 11) is 0. The lowest BCUT2D eigenvalue weighted by atomic mass is 10.1. The number of amides is 1. The summed E-state index contributed by atoms with van der Waals surface area (Å²) in [4.78, 5) is 12.3. The zero-order chi connectivity index (χ0) is 21.5. The van der Waals surface area contributed by atoms with Gasteiger partial charge in [-0.05, 0) is 35.9 Å². The van der Waals surface area contributed by atoms with Gasteiger partial charge in [0, 0.05) is 11.1 Å². The summed E-state index contributed by atoms with van der Waals surface area (Å²) >= 11 is 0. The Kier molecular flexibility index (Phi) is 6.04. The molecule has 0 aliphatic heterocycles. The van der Waals surface area contributed by atoms with E-state index in [1.807, 2.05) is 54.6 Å². The molecule has 3 aromatic carbocycles. The first kappa shape index (κ1) is 19.9. The predicted octanol–water partition coefficient (Wildman–Crippen LogP) is 4.13. The van der Waals surface area contributed by atoms with Gasteiger partial charge in [-0.2, -0.15) is 10.2 Å². The number of para-hydroxylation sites is 1. The lowest BCUT2D eigenvalue weighted by molar-refractivity contribution is 0.0950. The Morgan fingerprint density at radius 2 is 1.84 bits per heavy atom. The highest BCUT2D eigenvalue weighted by atomic mass is 16.5. The second kappa shape index (κ2) is 9.41. The van der Waals surface area contributed by atoms with Crippen LogP contribution in [0.25, 0.3) is 11.3 Å². The highest BCUT2D eigenvalue weighted by molar-refractivity contribution is 5.94. The Morgan fingerprint density at radius 3 is 2.68 bits per heavy atom. The van der Waals surface area contributed by atoms with Crippen LogP contribution in [0, 0.1) is 0 Å². The number of phenolic OH excluding ortho intramolecular Hbond substituents is 1. The van der Waals surface area contributed by atoms with Gasteiger partial charge in [0.1, 0.15) is 23.8 Å². The van der Waals surface area contributed by atoms with E-state index in [0.29, 0.717) is 23.6 Å². The summed E-state index contributed by atoms with van der Waals surface area (Å²) in [5, 5.41) is 20.5. The molecule has 0 aliphatic carbocycles. The molecule has 0 bridgehead atoms. The van der Waals surface area contributed by atoms with Crippen LogP contribution in [0.3, 0.4) is 0 Å². The van der Waals surface area contributed by atoms with Crippen LogP contribution in [0.4, 0.5) is 0 Å². The van der Waals surface area contributed by atoms with E-state index in [-0.39, 0.29) is 11.4 Å². The van der Waals surface area contributed by atoms with E-state index in [2.05, 4.69) is 20.7 Å². The van der Waals surface area contributed by atoms with Crippen molar-refractivity contribution in [3.63, 3.8) is 0 Å². The maximum absolute atomic E-state index is 12.3. The zero-order valence-corrected chi connectivity index (χ0v) is 16.5. The topological polar surface area (TPSA) is 99.6 Å². The lowest BCUT2D eigenvalue weighted by Gasteiger charge is -2.07. The molecule has 0 radical (unpaired) electrons. The largest absolute Gasteiger partial charge is 0.507 e. The van der Waals surface area contributed by atoms with Crippen LogP contribution in [0.1, 0.15) is 21.6 Å². The molecule has 4 rings (SSSR count). The van der Waals surface area contributed by atoms with E-state index in [4.69, 9.17) is 4.74 Å². The number of carbonyl (C=O) groups is 1. The van der Waals surface area contributed by atoms with Crippen molar-refractivity contribution in [2.24, 2.45) is 5.10 Å². The summed E-state index contributed by atoms with van der Waals surface area (Å²) in [6.45, 7) is 0.466. The number of hydrazone groups is 1. The van der Waals surface area contributed by atoms with Gasteiger partial charge < -0.3 is 9.84 Å². The van der Waals surface area contributed by atoms with E-state index in [0.717, 1.165) is 11.1 Å². The van der Waals surface area contributed by atoms with Crippen LogP contribution in [0.2, 0.25) is 0 Å². The van der Waals surface area contributed by atoms with Crippen LogP contribution >= 0.6 is 0 Å². The number of rotatable bonds is 7. The van der Waals surface area contributed by atoms with Gasteiger partial charge in [0.15, 0.2) is 0 Å². The molecule has 7 nitrogen and oxygen atoms in total. The Labute approximate surface area is 179 Å². The maximum Gasteiger partial charge on any atom is 0.289 e. The van der Waals surface area contributed by atoms with Crippen LogP contribution in [0.15, 0.2) is 90.0 Å². The van der Waals surface area contributed by atoms with Gasteiger partial charge in [-0.15, -0.1) is 0 Å². The van der Waals surface area contributed by atoms with E-state index < -0.39 is 5.91 Å². The Morgan fingerprint density at radius 1 is 1.03 bits per heavy atom. The number of ether oxygens (including phenoxy) is 1. The molecule has 4 aromatic rings. The minimum Gasteiger partial charge on any atom is -0.507 e. The van der Waals surface area contributed by atoms with Crippen LogP contribution < -0.4 is 10.2 Å². The second-order valence-electron chi connectivity index (χ2n) is 6.73. The number of aromatic hydroxyl groups is 1. The van der Waals surface area contributed by atoms with Gasteiger partial charge in [0.25, 0.3) is 5.91 Å². The van der Waals surface area contributed by atoms with Crippen molar-refractivity contribution in [3.8, 4) is 22.8 Å². The summed E-state index contributed by atoms with van der Waals surface area (Å²) in [5.74, 6) is 0.350. The van der Waals surface area contributed by atoms with Crippen LogP contribution in [0.5, 0.6) is 11.5 Å². The number of phenols is 1. The normalized spacial score (nSPS) is 10.8. The molecule has 1 aromatic heterocycles. The third-order valence-corrected chi connectivity index (χ3v) is 4.51. The average molecular weight is 412 g/mol. The van der Waals surface area contributed by atoms with Crippen molar-refractivity contribution in [3.05, 3.63) is 102 Å². The van der Waals surface area contributed by atoms with Gasteiger partial charge in [0.2, 0.25) is 0 Å². The molecule has 154 valence electrons. The zero-order valence-electron chi connectivity index (χ0n) is 16.5. The standard InChI is InChI=1S/C24H20N4O3/c29-23-12-5-4-9-19(23)15-25-28-24(30)22-14-21(26-27-22)18-10-6-11-20(13-18)31-16-17-7-2-1-3-8-17/h1-15,29H,16H2,(H,26,27)(H,28,30)/b25-15-. The number of carbonyl (C=O) groups excluding carboxylic acids is 1. The first-order chi connectivity index (χ1) is 15.2. The third-order valence-electron chi connectivity index (χ3n) is 4.51. The lowest BCUT2D eigenvalue weighted by Crippen LogP contribution is -2.18. The number of nitrogens with one attached hydrogen (secondary N) is 2. The van der Waals surface area contributed by atoms with Crippen molar-refractivity contribution in [1.29, 1.82) is 0 Å². The van der Waals surface area contributed by atoms with Crippen LogP contribution in [-0.2, 0) is 6.61 Å². The molecule has 3 N–H and O–H groups in total. The summed E-state index contributed by atoms with van der Waals surface area (Å²) < 4.78 is 5.86. The molecule has 0 spiro atoms. The highest BCUT2D eigenvalue weighted by Crippen LogP contribution is 2.23. The summed E-state index contributed by atoms with van der Waals surface area (Å²) in [6, 6.07) is 25.8. The molecule has 7 heteroatoms. The van der Waals surface area contributed by atoms with Crippen molar-refractivity contribution >= 4 is 12.1 Å². The van der Waals surface area contributed by atoms with E-state index in [1.54, 1.807) is 30.3 Å². The first-order valence-corrected chi connectivity index (χ1v) is 9.63. The third kappa shape index (κ3) is 5.16. The SMILES string of the molecule is O=C(N/N=C\c1ccccc1O)c1cc(-c2cccc(OCc3ccccc3)c2)n[nH]1. The van der Waals surface area contributed by atoms with Gasteiger partial charge in [-0.1, -0.05) is 54.6 Å². The fraction of sp³-hybridized carbons (Fsp3) is 0.0417. The molecule has 0 unspecified atom stereocenters. The first-order valence-electron chi connectivity index (χ1n) is 9.63. The fourth-order valence-corrected chi connectivity index (χ4v) is 2.89. The number of aromatic amines is 1. The molecule has 0 saturated heterocycles. The van der Waals surface area contributed by atoms with Crippen LogP contribution in [-0.4, -0.2) is 27.4 Å². The minimum atomic E-state index is -0.443. The van der Waals surface area contributed by atoms with Gasteiger partial charge in [-0.3, -0.25) is 9.89 Å². The molecule has 31 heavy (non-hydrogen) atoms. The van der Waals surface area contributed by atoms with E-state index in [9.17, 15) is 9.90 Å². The summed E-state index contributed by atoms with van der Waals surface area (Å²) in [6.07, 6.45) is 1.37. The number of benzene rings is 3. The van der Waals surface area contributed by atoms with Gasteiger partial charge >= 0.3 is 0 Å². The van der Waals surface area contributed by atoms with Crippen molar-refractivity contribution < 1.29 is 14.6 Å². The summed E-state index contributed by atoms with van der Waals surface area (Å²) in [5.41, 5.74) is 5.69. The number of hydrogen-bond acceptors (Lipinski definition) is 5. The van der Waals surface area contributed by atoms with E-state index >= 15 is 0 Å². The Bertz CT molecular complexity index is 1200. The maximum atomic E-state index is 12.3. The van der Waals surface area contributed by atoms with Crippen molar-refractivity contribution in [1.82, 2.24) is 15.6 Å². The number of nitrogens with zero attached hydrogens (tertiary/aromatic N) is 2. The number of H-pyrrole nitrogens is 1. The molecule has 0 saturated carbocycles. The molecular weight excluding hydrogens is 392 g/mol. The monoisotopic (exact) mass is 412 g/mol. The molecule has 0 atom stereocenters. The fourth-order valence-electron chi connectivity index (χ4n) is 2.89. The molecule has 0 aliphatic rings. The number of hydrogen-bond donors (Lipinski definition) is 3. The quantitative estimate of drug-likeness (QED) is 0.314. The second-order valence-corrected chi connectivity index (χ2v) is 6.73.